The lowest BCUT2D eigenvalue weighted by Crippen LogP contribution is -2.21. The third kappa shape index (κ3) is 5.16. The molecule has 0 unspecified atom stereocenters. The van der Waals surface area contributed by atoms with E-state index in [0.29, 0.717) is 10.6 Å². The molecule has 0 saturated carbocycles. The average Bonchev–Trinajstić information content (AvgIpc) is 2.53. The van der Waals surface area contributed by atoms with Gasteiger partial charge >= 0.3 is 0 Å². The molecule has 0 aliphatic heterocycles. The van der Waals surface area contributed by atoms with Crippen LogP contribution < -0.4 is 5.48 Å². The summed E-state index contributed by atoms with van der Waals surface area (Å²) in [7, 11) is 0. The molecule has 0 atom stereocenters. The maximum absolute atomic E-state index is 11.8. The molecular weight excluding hydrogens is 302 g/mol. The minimum atomic E-state index is -0.508. The lowest BCUT2D eigenvalue weighted by atomic mass is 10.1. The molecule has 112 valence electrons. The number of nitrogens with one attached hydrogen (secondary N) is 1. The van der Waals surface area contributed by atoms with Crippen LogP contribution >= 0.6 is 11.6 Å². The Kier molecular flexibility index (Phi) is 5.89. The Morgan fingerprint density at radius 2 is 1.82 bits per heavy atom. The molecule has 0 spiro atoms. The third-order valence-electron chi connectivity index (χ3n) is 2.75. The summed E-state index contributed by atoms with van der Waals surface area (Å²) in [5.41, 5.74) is 3.60. The monoisotopic (exact) mass is 315 g/mol. The lowest BCUT2D eigenvalue weighted by molar-refractivity contribution is -0.129. The second-order valence-electron chi connectivity index (χ2n) is 4.45. The number of amides is 1. The number of hydrogen-bond acceptors (Lipinski definition) is 3. The van der Waals surface area contributed by atoms with Gasteiger partial charge in [0.25, 0.3) is 5.91 Å². The predicted octanol–water partition coefficient (Wildman–Crippen LogP) is 3.33. The molecule has 0 aromatic heterocycles. The second kappa shape index (κ2) is 8.12. The molecule has 0 heterocycles. The highest BCUT2D eigenvalue weighted by Crippen LogP contribution is 2.11. The zero-order valence-electron chi connectivity index (χ0n) is 11.7. The maximum Gasteiger partial charge on any atom is 0.267 e. The van der Waals surface area contributed by atoms with Gasteiger partial charge in [-0.15, -0.1) is 0 Å². The molecule has 1 N–H and O–H groups in total. The van der Waals surface area contributed by atoms with E-state index in [1.165, 1.54) is 12.1 Å². The summed E-state index contributed by atoms with van der Waals surface area (Å²) in [5.74, 6) is -0.813. The fourth-order valence-corrected chi connectivity index (χ4v) is 1.88. The summed E-state index contributed by atoms with van der Waals surface area (Å²) in [6.07, 6.45) is 2.29. The van der Waals surface area contributed by atoms with Crippen molar-refractivity contribution >= 4 is 23.3 Å². The Hall–Kier alpha value is -2.43. The van der Waals surface area contributed by atoms with Crippen molar-refractivity contribution in [1.82, 2.24) is 5.48 Å². The summed E-state index contributed by atoms with van der Waals surface area (Å²) in [6, 6.07) is 15.9. The number of rotatable bonds is 6. The van der Waals surface area contributed by atoms with Gasteiger partial charge in [0.05, 0.1) is 6.61 Å². The average molecular weight is 316 g/mol. The van der Waals surface area contributed by atoms with E-state index >= 15 is 0 Å². The first-order valence-corrected chi connectivity index (χ1v) is 6.96. The number of allylic oxidation sites excluding steroid dienone is 1. The Labute approximate surface area is 133 Å². The largest absolute Gasteiger partial charge is 0.289 e. The summed E-state index contributed by atoms with van der Waals surface area (Å²) >= 11 is 5.80. The fraction of sp³-hybridized carbons (Fsp3) is 0.0588. The van der Waals surface area contributed by atoms with E-state index in [4.69, 9.17) is 16.4 Å². The molecule has 22 heavy (non-hydrogen) atoms. The summed E-state index contributed by atoms with van der Waals surface area (Å²) in [5, 5.41) is 0.467. The Balaban J connectivity index is 1.80. The van der Waals surface area contributed by atoms with Gasteiger partial charge in [0.2, 0.25) is 0 Å². The van der Waals surface area contributed by atoms with Gasteiger partial charge < -0.3 is 0 Å². The number of hydroxylamine groups is 1. The number of ketones is 1. The van der Waals surface area contributed by atoms with Crippen molar-refractivity contribution in [3.8, 4) is 0 Å². The lowest BCUT2D eigenvalue weighted by Gasteiger charge is -2.03. The Morgan fingerprint density at radius 1 is 1.05 bits per heavy atom. The minimum absolute atomic E-state index is 0.253. The first-order valence-electron chi connectivity index (χ1n) is 6.59. The van der Waals surface area contributed by atoms with Gasteiger partial charge in [0.1, 0.15) is 0 Å². The van der Waals surface area contributed by atoms with Crippen molar-refractivity contribution < 1.29 is 14.4 Å². The predicted molar refractivity (Wildman–Crippen MR) is 84.3 cm³/mol. The molecule has 2 rings (SSSR count). The molecule has 0 saturated heterocycles. The van der Waals surface area contributed by atoms with Crippen LogP contribution in [0.5, 0.6) is 0 Å². The van der Waals surface area contributed by atoms with E-state index in [1.807, 2.05) is 30.3 Å². The first kappa shape index (κ1) is 15.9. The van der Waals surface area contributed by atoms with Gasteiger partial charge in [-0.2, -0.15) is 0 Å². The van der Waals surface area contributed by atoms with Crippen LogP contribution in [0.15, 0.2) is 66.7 Å². The van der Waals surface area contributed by atoms with E-state index in [1.54, 1.807) is 18.2 Å². The molecule has 0 aliphatic carbocycles. The summed E-state index contributed by atoms with van der Waals surface area (Å²) in [4.78, 5) is 28.4. The van der Waals surface area contributed by atoms with Gasteiger partial charge in [-0.25, -0.2) is 5.48 Å². The fourth-order valence-electron chi connectivity index (χ4n) is 1.69. The normalized spacial score (nSPS) is 10.6. The zero-order chi connectivity index (χ0) is 15.8. The Morgan fingerprint density at radius 3 is 2.55 bits per heavy atom. The number of carbonyl (C=O) groups is 2. The van der Waals surface area contributed by atoms with Crippen LogP contribution in [-0.2, 0) is 16.2 Å². The number of carbonyl (C=O) groups excluding carboxylic acids is 2. The van der Waals surface area contributed by atoms with Gasteiger partial charge in [-0.1, -0.05) is 54.1 Å². The van der Waals surface area contributed by atoms with E-state index < -0.39 is 5.91 Å². The van der Waals surface area contributed by atoms with Crippen molar-refractivity contribution in [3.05, 3.63) is 82.9 Å². The quantitative estimate of drug-likeness (QED) is 0.505. The number of halogens is 1. The van der Waals surface area contributed by atoms with Crippen LogP contribution in [-0.4, -0.2) is 11.7 Å². The van der Waals surface area contributed by atoms with Crippen LogP contribution in [0, 0.1) is 0 Å². The van der Waals surface area contributed by atoms with Gasteiger partial charge in [-0.3, -0.25) is 14.4 Å². The van der Waals surface area contributed by atoms with Crippen LogP contribution in [0.1, 0.15) is 15.9 Å². The second-order valence-corrected chi connectivity index (χ2v) is 4.88. The smallest absolute Gasteiger partial charge is 0.267 e. The Bertz CT molecular complexity index is 683. The van der Waals surface area contributed by atoms with Crippen LogP contribution in [0.25, 0.3) is 0 Å². The molecule has 0 bridgehead atoms. The van der Waals surface area contributed by atoms with E-state index in [2.05, 4.69) is 5.48 Å². The summed E-state index contributed by atoms with van der Waals surface area (Å²) in [6.45, 7) is 0.253. The molecular formula is C17H14ClNO3. The molecule has 2 aromatic carbocycles. The van der Waals surface area contributed by atoms with Crippen LogP contribution in [0.3, 0.4) is 0 Å². The van der Waals surface area contributed by atoms with Gasteiger partial charge in [0, 0.05) is 16.7 Å². The first-order chi connectivity index (χ1) is 10.6. The highest BCUT2D eigenvalue weighted by atomic mass is 35.5. The topological polar surface area (TPSA) is 55.4 Å². The van der Waals surface area contributed by atoms with Crippen molar-refractivity contribution in [3.63, 3.8) is 0 Å². The molecule has 5 heteroatoms. The van der Waals surface area contributed by atoms with E-state index in [9.17, 15) is 9.59 Å². The molecule has 2 aromatic rings. The van der Waals surface area contributed by atoms with E-state index in [0.717, 1.165) is 11.6 Å². The van der Waals surface area contributed by atoms with Crippen molar-refractivity contribution in [2.45, 2.75) is 6.61 Å². The van der Waals surface area contributed by atoms with E-state index in [-0.39, 0.29) is 12.4 Å². The SMILES string of the molecule is O=C(C=CC(=O)c1cccc(Cl)c1)NOCc1ccccc1. The molecule has 0 radical (unpaired) electrons. The zero-order valence-corrected chi connectivity index (χ0v) is 12.4. The van der Waals surface area contributed by atoms with Crippen LogP contribution in [0.2, 0.25) is 5.02 Å². The minimum Gasteiger partial charge on any atom is -0.289 e. The van der Waals surface area contributed by atoms with Crippen molar-refractivity contribution in [1.29, 1.82) is 0 Å². The van der Waals surface area contributed by atoms with Gasteiger partial charge in [-0.05, 0) is 23.8 Å². The summed E-state index contributed by atoms with van der Waals surface area (Å²) < 4.78 is 0. The highest BCUT2D eigenvalue weighted by molar-refractivity contribution is 6.31. The molecule has 1 amide bonds. The third-order valence-corrected chi connectivity index (χ3v) is 2.98. The maximum atomic E-state index is 11.8. The molecule has 0 aliphatic rings. The molecule has 4 nitrogen and oxygen atoms in total. The number of hydrogen-bond donors (Lipinski definition) is 1. The van der Waals surface area contributed by atoms with Crippen LogP contribution in [0.4, 0.5) is 0 Å². The van der Waals surface area contributed by atoms with Gasteiger partial charge in [0.15, 0.2) is 5.78 Å². The standard InChI is InChI=1S/C17H14ClNO3/c18-15-8-4-7-14(11-15)16(20)9-10-17(21)19-22-12-13-5-2-1-3-6-13/h1-11H,12H2,(H,19,21). The highest BCUT2D eigenvalue weighted by Gasteiger charge is 2.03. The van der Waals surface area contributed by atoms with Crippen molar-refractivity contribution in [2.24, 2.45) is 0 Å². The molecule has 0 fully saturated rings. The van der Waals surface area contributed by atoms with Crippen molar-refractivity contribution in [2.75, 3.05) is 0 Å². The number of benzene rings is 2.